The number of aromatic nitrogens is 1. The zero-order chi connectivity index (χ0) is 20.6. The number of rotatable bonds is 2. The zero-order valence-corrected chi connectivity index (χ0v) is 17.7. The van der Waals surface area contributed by atoms with Gasteiger partial charge in [0, 0.05) is 12.7 Å². The van der Waals surface area contributed by atoms with Crippen molar-refractivity contribution >= 4 is 34.8 Å². The van der Waals surface area contributed by atoms with Crippen LogP contribution in [0, 0.1) is 0 Å². The van der Waals surface area contributed by atoms with Gasteiger partial charge in [0.2, 0.25) is 0 Å². The number of carbonyl (C=O) groups excluding carboxylic acids is 1. The Labute approximate surface area is 181 Å². The Morgan fingerprint density at radius 2 is 2.00 bits per heavy atom. The number of hydrogen-bond acceptors (Lipinski definition) is 4. The van der Waals surface area contributed by atoms with Gasteiger partial charge in [0.25, 0.3) is 5.91 Å². The molecule has 2 aliphatic heterocycles. The fraction of sp³-hybridized carbons (Fsp3) is 0.435. The highest BCUT2D eigenvalue weighted by atomic mass is 35.5. The number of anilines is 2. The van der Waals surface area contributed by atoms with Crippen LogP contribution in [0.25, 0.3) is 0 Å². The van der Waals surface area contributed by atoms with E-state index in [4.69, 9.17) is 16.6 Å². The smallest absolute Gasteiger partial charge is 0.255 e. The van der Waals surface area contributed by atoms with E-state index < -0.39 is 5.54 Å². The lowest BCUT2D eigenvalue weighted by atomic mass is 9.85. The SMILES string of the molecule is O=C(c1ccccc1Cl)N1CCC[C@]2(C1)Nc1cccnc1NC2=NC1CCCC1. The first-order valence-electron chi connectivity index (χ1n) is 10.8. The molecule has 0 radical (unpaired) electrons. The van der Waals surface area contributed by atoms with Gasteiger partial charge in [-0.1, -0.05) is 36.6 Å². The summed E-state index contributed by atoms with van der Waals surface area (Å²) in [6.07, 6.45) is 8.29. The van der Waals surface area contributed by atoms with Gasteiger partial charge in [0.15, 0.2) is 5.82 Å². The second-order valence-electron chi connectivity index (χ2n) is 8.46. The highest BCUT2D eigenvalue weighted by Crippen LogP contribution is 2.36. The molecular weight excluding hydrogens is 398 g/mol. The molecule has 2 aromatic rings. The standard InChI is InChI=1S/C23H26ClN5O/c24-18-10-4-3-9-17(18)21(30)29-14-6-12-23(15-29)22(26-16-7-1-2-8-16)27-20-19(28-23)11-5-13-25-20/h3-5,9-11,13,16,28H,1-2,6-8,12,14-15H2,(H,25,26,27)/t23-/m1/s1. The monoisotopic (exact) mass is 423 g/mol. The molecule has 1 aliphatic carbocycles. The predicted molar refractivity (Wildman–Crippen MR) is 120 cm³/mol. The van der Waals surface area contributed by atoms with Gasteiger partial charge in [0.1, 0.15) is 11.4 Å². The summed E-state index contributed by atoms with van der Waals surface area (Å²) in [5.41, 5.74) is 1.07. The van der Waals surface area contributed by atoms with Crippen LogP contribution in [0.2, 0.25) is 5.02 Å². The van der Waals surface area contributed by atoms with Gasteiger partial charge in [0.05, 0.1) is 28.9 Å². The van der Waals surface area contributed by atoms with Crippen LogP contribution in [-0.4, -0.2) is 46.3 Å². The Bertz CT molecular complexity index is 987. The van der Waals surface area contributed by atoms with Crippen molar-refractivity contribution in [2.45, 2.75) is 50.1 Å². The fourth-order valence-electron chi connectivity index (χ4n) is 4.86. The Balaban J connectivity index is 1.49. The second kappa shape index (κ2) is 7.91. The van der Waals surface area contributed by atoms with Crippen LogP contribution < -0.4 is 10.6 Å². The zero-order valence-electron chi connectivity index (χ0n) is 16.9. The van der Waals surface area contributed by atoms with Crippen LogP contribution in [0.4, 0.5) is 11.5 Å². The summed E-state index contributed by atoms with van der Waals surface area (Å²) >= 11 is 6.32. The number of halogens is 1. The van der Waals surface area contributed by atoms with Gasteiger partial charge < -0.3 is 15.5 Å². The molecule has 3 heterocycles. The van der Waals surface area contributed by atoms with Gasteiger partial charge >= 0.3 is 0 Å². The number of amidine groups is 1. The molecule has 0 bridgehead atoms. The number of hydrogen-bond donors (Lipinski definition) is 2. The van der Waals surface area contributed by atoms with Crippen molar-refractivity contribution in [3.63, 3.8) is 0 Å². The molecule has 2 N–H and O–H groups in total. The van der Waals surface area contributed by atoms with Gasteiger partial charge in [-0.15, -0.1) is 0 Å². The molecule has 1 atom stereocenters. The van der Waals surface area contributed by atoms with Crippen LogP contribution in [0.15, 0.2) is 47.6 Å². The van der Waals surface area contributed by atoms with E-state index >= 15 is 0 Å². The number of piperidine rings is 1. The van der Waals surface area contributed by atoms with E-state index in [2.05, 4.69) is 15.6 Å². The lowest BCUT2D eigenvalue weighted by Crippen LogP contribution is -2.62. The van der Waals surface area contributed by atoms with E-state index in [0.717, 1.165) is 43.0 Å². The molecule has 6 nitrogen and oxygen atoms in total. The van der Waals surface area contributed by atoms with Gasteiger partial charge in [-0.2, -0.15) is 0 Å². The first-order chi connectivity index (χ1) is 14.6. The lowest BCUT2D eigenvalue weighted by Gasteiger charge is -2.47. The Morgan fingerprint density at radius 1 is 1.17 bits per heavy atom. The van der Waals surface area contributed by atoms with E-state index in [1.807, 2.05) is 29.2 Å². The molecule has 1 amide bonds. The molecule has 2 fully saturated rings. The molecule has 7 heteroatoms. The van der Waals surface area contributed by atoms with Crippen molar-refractivity contribution in [2.24, 2.45) is 4.99 Å². The normalized spacial score (nSPS) is 25.1. The summed E-state index contributed by atoms with van der Waals surface area (Å²) in [5, 5.41) is 7.70. The molecular formula is C23H26ClN5O. The number of nitrogens with zero attached hydrogens (tertiary/aromatic N) is 3. The Morgan fingerprint density at radius 3 is 2.83 bits per heavy atom. The topological polar surface area (TPSA) is 69.6 Å². The largest absolute Gasteiger partial charge is 0.368 e. The maximum atomic E-state index is 13.3. The fourth-order valence-corrected chi connectivity index (χ4v) is 5.07. The predicted octanol–water partition coefficient (Wildman–Crippen LogP) is 4.59. The first kappa shape index (κ1) is 19.4. The minimum Gasteiger partial charge on any atom is -0.368 e. The maximum absolute atomic E-state index is 13.3. The number of nitrogens with one attached hydrogen (secondary N) is 2. The van der Waals surface area contributed by atoms with Crippen molar-refractivity contribution < 1.29 is 4.79 Å². The molecule has 156 valence electrons. The van der Waals surface area contributed by atoms with Gasteiger partial charge in [-0.05, 0) is 49.9 Å². The van der Waals surface area contributed by atoms with Crippen LogP contribution in [-0.2, 0) is 0 Å². The van der Waals surface area contributed by atoms with Crippen LogP contribution >= 0.6 is 11.6 Å². The van der Waals surface area contributed by atoms with E-state index in [1.54, 1.807) is 18.3 Å². The quantitative estimate of drug-likeness (QED) is 0.741. The third kappa shape index (κ3) is 3.54. The van der Waals surface area contributed by atoms with E-state index in [0.29, 0.717) is 29.7 Å². The van der Waals surface area contributed by atoms with Gasteiger partial charge in [-0.3, -0.25) is 9.79 Å². The summed E-state index contributed by atoms with van der Waals surface area (Å²) in [4.78, 5) is 24.8. The number of amides is 1. The van der Waals surface area contributed by atoms with Crippen molar-refractivity contribution in [1.82, 2.24) is 9.88 Å². The average Bonchev–Trinajstić information content (AvgIpc) is 3.28. The van der Waals surface area contributed by atoms with Gasteiger partial charge in [-0.25, -0.2) is 4.98 Å². The molecule has 1 aromatic carbocycles. The molecule has 30 heavy (non-hydrogen) atoms. The number of carbonyl (C=O) groups is 1. The third-order valence-corrected chi connectivity index (χ3v) is 6.72. The number of fused-ring (bicyclic) bond motifs is 1. The van der Waals surface area contributed by atoms with E-state index in [1.165, 1.54) is 12.8 Å². The first-order valence-corrected chi connectivity index (χ1v) is 11.1. The van der Waals surface area contributed by atoms with Crippen molar-refractivity contribution in [3.8, 4) is 0 Å². The van der Waals surface area contributed by atoms with E-state index in [9.17, 15) is 4.79 Å². The van der Waals surface area contributed by atoms with Crippen LogP contribution in [0.1, 0.15) is 48.9 Å². The molecule has 1 aromatic heterocycles. The highest BCUT2D eigenvalue weighted by Gasteiger charge is 2.45. The van der Waals surface area contributed by atoms with Crippen LogP contribution in [0.3, 0.4) is 0 Å². The molecule has 0 unspecified atom stereocenters. The summed E-state index contributed by atoms with van der Waals surface area (Å²) < 4.78 is 0. The number of aliphatic imine (C=N–C) groups is 1. The molecule has 1 spiro atoms. The minimum absolute atomic E-state index is 0.0290. The van der Waals surface area contributed by atoms with Crippen molar-refractivity contribution in [2.75, 3.05) is 23.7 Å². The lowest BCUT2D eigenvalue weighted by molar-refractivity contribution is 0.0694. The number of benzene rings is 1. The second-order valence-corrected chi connectivity index (χ2v) is 8.86. The Hall–Kier alpha value is -2.60. The summed E-state index contributed by atoms with van der Waals surface area (Å²) in [6.45, 7) is 1.26. The summed E-state index contributed by atoms with van der Waals surface area (Å²) in [7, 11) is 0. The van der Waals surface area contributed by atoms with Crippen molar-refractivity contribution in [1.29, 1.82) is 0 Å². The molecule has 3 aliphatic rings. The maximum Gasteiger partial charge on any atom is 0.255 e. The number of likely N-dealkylation sites (tertiary alicyclic amines) is 1. The minimum atomic E-state index is -0.437. The average molecular weight is 424 g/mol. The summed E-state index contributed by atoms with van der Waals surface area (Å²) in [6, 6.07) is 11.6. The summed E-state index contributed by atoms with van der Waals surface area (Å²) in [5.74, 6) is 1.69. The molecule has 5 rings (SSSR count). The molecule has 1 saturated heterocycles. The highest BCUT2D eigenvalue weighted by molar-refractivity contribution is 6.33. The third-order valence-electron chi connectivity index (χ3n) is 6.39. The number of pyridine rings is 1. The van der Waals surface area contributed by atoms with E-state index in [-0.39, 0.29) is 5.91 Å². The molecule has 1 saturated carbocycles. The van der Waals surface area contributed by atoms with Crippen molar-refractivity contribution in [3.05, 3.63) is 53.2 Å². The Kier molecular flexibility index (Phi) is 5.11. The van der Waals surface area contributed by atoms with Crippen LogP contribution in [0.5, 0.6) is 0 Å².